The molecule has 0 radical (unpaired) electrons. The first kappa shape index (κ1) is 111. The summed E-state index contributed by atoms with van der Waals surface area (Å²) in [6.07, 6.45) is 111. The number of ether oxygens (including phenoxy) is 3. The van der Waals surface area contributed by atoms with E-state index in [1.165, 1.54) is 199 Å². The molecule has 115 heavy (non-hydrogen) atoms. The molecule has 664 valence electrons. The maximum Gasteiger partial charge on any atom is 0.472 e. The van der Waals surface area contributed by atoms with Crippen LogP contribution >= 0.6 is 15.6 Å². The van der Waals surface area contributed by atoms with Gasteiger partial charge in [-0.2, -0.15) is 0 Å². The second-order valence-electron chi connectivity index (χ2n) is 31.1. The van der Waals surface area contributed by atoms with Crippen LogP contribution in [0.1, 0.15) is 406 Å². The second-order valence-corrected chi connectivity index (χ2v) is 34.0. The first-order valence-corrected chi connectivity index (χ1v) is 49.5. The van der Waals surface area contributed by atoms with E-state index in [-0.39, 0.29) is 19.3 Å². The van der Waals surface area contributed by atoms with Crippen molar-refractivity contribution in [3.05, 3.63) is 134 Å². The Hall–Kier alpha value is -4.31. The van der Waals surface area contributed by atoms with Gasteiger partial charge in [0.25, 0.3) is 0 Å². The first-order valence-electron chi connectivity index (χ1n) is 46.5. The lowest BCUT2D eigenvalue weighted by molar-refractivity contribution is -0.161. The molecule has 0 saturated carbocycles. The number of hydrogen-bond donors (Lipinski definition) is 4. The normalized spacial score (nSPS) is 14.4. The van der Waals surface area contributed by atoms with Crippen molar-refractivity contribution in [2.24, 2.45) is 0 Å². The lowest BCUT2D eigenvalue weighted by atomic mass is 10.0. The number of rotatable bonds is 88. The number of esters is 3. The Kier molecular flexibility index (Phi) is 85.6. The lowest BCUT2D eigenvalue weighted by Crippen LogP contribution is -2.30. The van der Waals surface area contributed by atoms with Crippen molar-refractivity contribution in [1.29, 1.82) is 0 Å². The standard InChI is InChI=1S/C97H170O16P2/c1-4-7-10-13-16-19-22-25-28-31-34-36-38-40-42-43-44-45-46-47-49-51-52-54-57-59-62-65-68-71-74-77-80-83-95(100)107-86-92(98)87-109-114(103,104)110-88-93(99)89-111-115(105,106)112-91-94(113-97(102)85-82-79-76-73-70-67-64-61-56-33-30-27-24-21-18-15-12-9-6-3)90-108-96(101)84-81-78-75-72-69-66-63-60-58-55-53-50-48-41-39-37-35-32-29-26-23-20-17-14-11-8-5-2/h16-21,25-30,34-37,40-42,48,56,61,92-94,98-99H,4-15,22-24,31-33,38-39,43-47,49-55,57-60,62-91H2,1-3H3,(H,103,104)(H,105,106)/b19-16-,20-17-,21-18-,28-25-,29-26-,30-27-,36-34-,37-35-,42-40-,48-41-,61-56-. The second kappa shape index (κ2) is 89.0. The van der Waals surface area contributed by atoms with Gasteiger partial charge in [0, 0.05) is 19.3 Å². The molecule has 0 aromatic carbocycles. The Morgan fingerprint density at radius 3 is 0.687 bits per heavy atom. The molecule has 0 aliphatic rings. The van der Waals surface area contributed by atoms with E-state index in [0.29, 0.717) is 19.3 Å². The van der Waals surface area contributed by atoms with Gasteiger partial charge in [0.05, 0.1) is 26.4 Å². The summed E-state index contributed by atoms with van der Waals surface area (Å²) in [6.45, 7) is 2.64. The zero-order valence-electron chi connectivity index (χ0n) is 73.2. The highest BCUT2D eigenvalue weighted by molar-refractivity contribution is 7.47. The Balaban J connectivity index is 4.53. The van der Waals surface area contributed by atoms with Crippen LogP contribution in [-0.4, -0.2) is 95.9 Å². The molecule has 0 heterocycles. The fraction of sp³-hybridized carbons (Fsp3) is 0.742. The molecule has 0 aromatic rings. The molecular formula is C97H170O16P2. The van der Waals surface area contributed by atoms with Crippen molar-refractivity contribution in [3.63, 3.8) is 0 Å². The molecule has 16 nitrogen and oxygen atoms in total. The number of allylic oxidation sites excluding steroid dienone is 22. The molecule has 0 rings (SSSR count). The van der Waals surface area contributed by atoms with E-state index in [9.17, 15) is 43.5 Å². The van der Waals surface area contributed by atoms with Gasteiger partial charge >= 0.3 is 33.6 Å². The number of phosphoric acid groups is 2. The lowest BCUT2D eigenvalue weighted by Gasteiger charge is -2.21. The van der Waals surface area contributed by atoms with Gasteiger partial charge in [-0.15, -0.1) is 0 Å². The van der Waals surface area contributed by atoms with Gasteiger partial charge in [-0.25, -0.2) is 9.13 Å². The molecule has 0 amide bonds. The summed E-state index contributed by atoms with van der Waals surface area (Å²) in [6, 6.07) is 0. The summed E-state index contributed by atoms with van der Waals surface area (Å²) in [5.41, 5.74) is 0. The maximum atomic E-state index is 13.0. The number of carbonyl (C=O) groups is 3. The highest BCUT2D eigenvalue weighted by Gasteiger charge is 2.29. The van der Waals surface area contributed by atoms with E-state index >= 15 is 0 Å². The Morgan fingerprint density at radius 1 is 0.243 bits per heavy atom. The van der Waals surface area contributed by atoms with Gasteiger partial charge in [0.1, 0.15) is 25.4 Å². The number of hydrogen-bond acceptors (Lipinski definition) is 14. The quantitative estimate of drug-likeness (QED) is 0.0146. The van der Waals surface area contributed by atoms with Gasteiger partial charge in [-0.05, 0) is 148 Å². The number of aliphatic hydroxyl groups is 2. The fourth-order valence-electron chi connectivity index (χ4n) is 12.7. The molecule has 0 aliphatic carbocycles. The minimum Gasteiger partial charge on any atom is -0.463 e. The van der Waals surface area contributed by atoms with E-state index in [1.807, 2.05) is 0 Å². The number of phosphoric ester groups is 2. The van der Waals surface area contributed by atoms with E-state index in [4.69, 9.17) is 32.3 Å². The monoisotopic (exact) mass is 1650 g/mol. The van der Waals surface area contributed by atoms with Crippen molar-refractivity contribution in [2.45, 2.75) is 424 Å². The van der Waals surface area contributed by atoms with Crippen molar-refractivity contribution in [3.8, 4) is 0 Å². The summed E-state index contributed by atoms with van der Waals surface area (Å²) in [5.74, 6) is -1.58. The van der Waals surface area contributed by atoms with Crippen LogP contribution < -0.4 is 0 Å². The van der Waals surface area contributed by atoms with Gasteiger partial charge in [-0.1, -0.05) is 373 Å². The Labute approximate surface area is 703 Å². The average molecular weight is 1650 g/mol. The summed E-state index contributed by atoms with van der Waals surface area (Å²) in [4.78, 5) is 59.0. The molecular weight excluding hydrogens is 1480 g/mol. The van der Waals surface area contributed by atoms with Gasteiger partial charge in [0.15, 0.2) is 6.10 Å². The molecule has 18 heteroatoms. The summed E-state index contributed by atoms with van der Waals surface area (Å²) >= 11 is 0. The van der Waals surface area contributed by atoms with Crippen molar-refractivity contribution in [1.82, 2.24) is 0 Å². The van der Waals surface area contributed by atoms with Crippen LogP contribution in [0.2, 0.25) is 0 Å². The number of carbonyl (C=O) groups excluding carboxylic acids is 3. The number of unbranched alkanes of at least 4 members (excludes halogenated alkanes) is 43. The minimum absolute atomic E-state index is 0.0880. The van der Waals surface area contributed by atoms with E-state index in [0.717, 1.165) is 148 Å². The highest BCUT2D eigenvalue weighted by atomic mass is 31.2. The van der Waals surface area contributed by atoms with Crippen LogP contribution in [0.3, 0.4) is 0 Å². The van der Waals surface area contributed by atoms with Crippen LogP contribution in [0.4, 0.5) is 0 Å². The van der Waals surface area contributed by atoms with Crippen LogP contribution in [0.15, 0.2) is 134 Å². The van der Waals surface area contributed by atoms with Crippen molar-refractivity contribution in [2.75, 3.05) is 39.6 Å². The van der Waals surface area contributed by atoms with Crippen LogP contribution in [0.5, 0.6) is 0 Å². The maximum absolute atomic E-state index is 13.0. The third kappa shape index (κ3) is 90.3. The molecule has 5 unspecified atom stereocenters. The van der Waals surface area contributed by atoms with Crippen LogP contribution in [0, 0.1) is 0 Å². The van der Waals surface area contributed by atoms with E-state index < -0.39 is 91.5 Å². The topological polar surface area (TPSA) is 231 Å². The number of aliphatic hydroxyl groups excluding tert-OH is 2. The summed E-state index contributed by atoms with van der Waals surface area (Å²) < 4.78 is 61.5. The third-order valence-corrected chi connectivity index (χ3v) is 21.7. The molecule has 0 spiro atoms. The molecule has 0 saturated heterocycles. The summed E-state index contributed by atoms with van der Waals surface area (Å²) in [7, 11) is -9.81. The largest absolute Gasteiger partial charge is 0.472 e. The molecule has 0 bridgehead atoms. The third-order valence-electron chi connectivity index (χ3n) is 19.8. The fourth-order valence-corrected chi connectivity index (χ4v) is 14.3. The zero-order chi connectivity index (χ0) is 83.6. The predicted molar refractivity (Wildman–Crippen MR) is 482 cm³/mol. The highest BCUT2D eigenvalue weighted by Crippen LogP contribution is 2.45. The van der Waals surface area contributed by atoms with Crippen molar-refractivity contribution >= 4 is 33.6 Å². The molecule has 0 fully saturated rings. The first-order chi connectivity index (χ1) is 56.2. The molecule has 5 atom stereocenters. The summed E-state index contributed by atoms with van der Waals surface area (Å²) in [5, 5.41) is 20.7. The van der Waals surface area contributed by atoms with E-state index in [2.05, 4.69) is 154 Å². The minimum atomic E-state index is -4.94. The Morgan fingerprint density at radius 2 is 0.435 bits per heavy atom. The molecule has 0 aliphatic heterocycles. The average Bonchev–Trinajstić information content (AvgIpc) is 0.902. The van der Waals surface area contributed by atoms with Crippen LogP contribution in [0.25, 0.3) is 0 Å². The van der Waals surface area contributed by atoms with Crippen LogP contribution in [-0.2, 0) is 55.8 Å². The van der Waals surface area contributed by atoms with Gasteiger partial charge in [0.2, 0.25) is 0 Å². The molecule has 0 aromatic heterocycles. The Bertz CT molecular complexity index is 2620. The van der Waals surface area contributed by atoms with E-state index in [1.54, 1.807) is 0 Å². The SMILES string of the molecule is CCCCC/C=C\C/C=C\C/C=C\C/C=C\CCCCCCCCCCCCCCCCCCCC(=O)OCC(O)COP(=O)(O)OCC(O)COP(=O)(O)OCC(COC(=O)CCCCCCCCCCCCC/C=C\C/C=C\C/C=C\C/C=C\CCCCC)OC(=O)CCCCCCCC/C=C\C/C=C\C/C=C\CCCCC. The smallest absolute Gasteiger partial charge is 0.463 e. The van der Waals surface area contributed by atoms with Crippen molar-refractivity contribution < 1.29 is 75.8 Å². The predicted octanol–water partition coefficient (Wildman–Crippen LogP) is 28.6. The van der Waals surface area contributed by atoms with Gasteiger partial charge in [-0.3, -0.25) is 32.5 Å². The molecule has 4 N–H and O–H groups in total. The van der Waals surface area contributed by atoms with Gasteiger partial charge < -0.3 is 34.2 Å². The zero-order valence-corrected chi connectivity index (χ0v) is 75.0.